The predicted molar refractivity (Wildman–Crippen MR) is 120 cm³/mol. The summed E-state index contributed by atoms with van der Waals surface area (Å²) in [7, 11) is 0. The zero-order valence-corrected chi connectivity index (χ0v) is 18.6. The SMILES string of the molecule is Cc1nc(CCC(=O)N2CCC(NCC3CC3)CC2)oc1-c1ccccc1.Cl.Cl. The summed E-state index contributed by atoms with van der Waals surface area (Å²) in [6, 6.07) is 10.6. The number of piperidine rings is 1. The number of nitrogens with zero attached hydrogens (tertiary/aromatic N) is 2. The standard InChI is InChI=1S/C22H29N3O2.2ClH/c1-16-22(18-5-3-2-4-6-18)27-20(24-16)9-10-21(26)25-13-11-19(12-14-25)23-15-17-7-8-17;;/h2-6,17,19,23H,7-15H2,1H3;2*1H. The number of likely N-dealkylation sites (tertiary alicyclic amines) is 1. The van der Waals surface area contributed by atoms with Crippen LogP contribution in [0.1, 0.15) is 43.7 Å². The number of oxazole rings is 1. The summed E-state index contributed by atoms with van der Waals surface area (Å²) in [6.07, 6.45) is 5.93. The van der Waals surface area contributed by atoms with Gasteiger partial charge in [0.25, 0.3) is 0 Å². The van der Waals surface area contributed by atoms with Gasteiger partial charge < -0.3 is 14.6 Å². The molecule has 7 heteroatoms. The van der Waals surface area contributed by atoms with E-state index in [1.807, 2.05) is 42.2 Å². The van der Waals surface area contributed by atoms with Crippen LogP contribution in [0.2, 0.25) is 0 Å². The number of rotatable bonds is 7. The van der Waals surface area contributed by atoms with Gasteiger partial charge in [-0.25, -0.2) is 4.98 Å². The van der Waals surface area contributed by atoms with E-state index in [4.69, 9.17) is 4.42 Å². The van der Waals surface area contributed by atoms with Crippen LogP contribution in [0.25, 0.3) is 11.3 Å². The van der Waals surface area contributed by atoms with Crippen molar-refractivity contribution in [1.29, 1.82) is 0 Å². The van der Waals surface area contributed by atoms with Crippen molar-refractivity contribution in [2.45, 2.75) is 51.5 Å². The van der Waals surface area contributed by atoms with Gasteiger partial charge in [-0.3, -0.25) is 4.79 Å². The number of amides is 1. The highest BCUT2D eigenvalue weighted by molar-refractivity contribution is 5.85. The molecule has 1 saturated carbocycles. The highest BCUT2D eigenvalue weighted by Crippen LogP contribution is 2.28. The lowest BCUT2D eigenvalue weighted by molar-refractivity contribution is -0.132. The van der Waals surface area contributed by atoms with Crippen LogP contribution < -0.4 is 5.32 Å². The average Bonchev–Trinajstić information content (AvgIpc) is 3.46. The first-order valence-corrected chi connectivity index (χ1v) is 10.2. The van der Waals surface area contributed by atoms with Gasteiger partial charge in [0, 0.05) is 37.5 Å². The number of carbonyl (C=O) groups excluding carboxylic acids is 1. The summed E-state index contributed by atoms with van der Waals surface area (Å²) >= 11 is 0. The molecule has 1 aromatic heterocycles. The predicted octanol–water partition coefficient (Wildman–Crippen LogP) is 4.42. The van der Waals surface area contributed by atoms with Gasteiger partial charge in [-0.15, -0.1) is 24.8 Å². The first-order chi connectivity index (χ1) is 13.2. The van der Waals surface area contributed by atoms with Crippen molar-refractivity contribution in [2.75, 3.05) is 19.6 Å². The zero-order chi connectivity index (χ0) is 18.6. The van der Waals surface area contributed by atoms with Gasteiger partial charge in [-0.1, -0.05) is 30.3 Å². The number of hydrogen-bond donors (Lipinski definition) is 1. The molecule has 0 radical (unpaired) electrons. The minimum Gasteiger partial charge on any atom is -0.440 e. The van der Waals surface area contributed by atoms with Gasteiger partial charge in [-0.05, 0) is 45.1 Å². The second-order valence-electron chi connectivity index (χ2n) is 7.89. The molecule has 2 heterocycles. The van der Waals surface area contributed by atoms with Crippen molar-refractivity contribution in [1.82, 2.24) is 15.2 Å². The fraction of sp³-hybridized carbons (Fsp3) is 0.545. The van der Waals surface area contributed by atoms with E-state index in [9.17, 15) is 4.79 Å². The molecule has 1 aromatic carbocycles. The summed E-state index contributed by atoms with van der Waals surface area (Å²) in [5.74, 6) is 2.59. The van der Waals surface area contributed by atoms with Crippen LogP contribution in [0, 0.1) is 12.8 Å². The van der Waals surface area contributed by atoms with Crippen LogP contribution in [0.4, 0.5) is 0 Å². The Morgan fingerprint density at radius 2 is 1.83 bits per heavy atom. The highest BCUT2D eigenvalue weighted by Gasteiger charge is 2.26. The van der Waals surface area contributed by atoms with Crippen LogP contribution in [-0.2, 0) is 11.2 Å². The molecule has 1 aliphatic carbocycles. The molecule has 2 aromatic rings. The van der Waals surface area contributed by atoms with Crippen molar-refractivity contribution in [3.8, 4) is 11.3 Å². The Morgan fingerprint density at radius 1 is 1.14 bits per heavy atom. The molecule has 1 N–H and O–H groups in total. The van der Waals surface area contributed by atoms with Crippen LogP contribution in [-0.4, -0.2) is 41.5 Å². The Balaban J connectivity index is 0.00000150. The third-order valence-electron chi connectivity index (χ3n) is 5.67. The second kappa shape index (κ2) is 11.0. The lowest BCUT2D eigenvalue weighted by atomic mass is 10.0. The molecule has 0 spiro atoms. The van der Waals surface area contributed by atoms with E-state index < -0.39 is 0 Å². The summed E-state index contributed by atoms with van der Waals surface area (Å²) in [5, 5.41) is 3.66. The highest BCUT2D eigenvalue weighted by atomic mass is 35.5. The minimum absolute atomic E-state index is 0. The lowest BCUT2D eigenvalue weighted by Crippen LogP contribution is -2.45. The smallest absolute Gasteiger partial charge is 0.223 e. The molecule has 2 fully saturated rings. The second-order valence-corrected chi connectivity index (χ2v) is 7.89. The maximum absolute atomic E-state index is 12.6. The van der Waals surface area contributed by atoms with E-state index in [0.717, 1.165) is 55.4 Å². The fourth-order valence-corrected chi connectivity index (χ4v) is 3.78. The summed E-state index contributed by atoms with van der Waals surface area (Å²) < 4.78 is 5.92. The molecular weight excluding hydrogens is 409 g/mol. The zero-order valence-electron chi connectivity index (χ0n) is 16.9. The summed E-state index contributed by atoms with van der Waals surface area (Å²) in [6.45, 7) is 4.84. The minimum atomic E-state index is 0. The third-order valence-corrected chi connectivity index (χ3v) is 5.67. The Hall–Kier alpha value is -1.56. The molecule has 29 heavy (non-hydrogen) atoms. The third kappa shape index (κ3) is 6.46. The Bertz CT molecular complexity index is 770. The molecule has 1 amide bonds. The molecule has 0 atom stereocenters. The first kappa shape index (κ1) is 23.7. The van der Waals surface area contributed by atoms with Crippen molar-refractivity contribution in [2.24, 2.45) is 5.92 Å². The molecular formula is C22H31Cl2N3O2. The molecule has 0 bridgehead atoms. The number of benzene rings is 1. The van der Waals surface area contributed by atoms with Gasteiger partial charge in [0.1, 0.15) is 0 Å². The number of hydrogen-bond acceptors (Lipinski definition) is 4. The lowest BCUT2D eigenvalue weighted by Gasteiger charge is -2.32. The number of nitrogens with one attached hydrogen (secondary N) is 1. The van der Waals surface area contributed by atoms with E-state index in [2.05, 4.69) is 10.3 Å². The molecule has 1 saturated heterocycles. The van der Waals surface area contributed by atoms with Crippen molar-refractivity contribution in [3.05, 3.63) is 41.9 Å². The molecule has 2 aliphatic rings. The normalized spacial score (nSPS) is 16.8. The van der Waals surface area contributed by atoms with Gasteiger partial charge >= 0.3 is 0 Å². The summed E-state index contributed by atoms with van der Waals surface area (Å²) in [4.78, 5) is 19.1. The van der Waals surface area contributed by atoms with E-state index in [0.29, 0.717) is 24.8 Å². The van der Waals surface area contributed by atoms with Gasteiger partial charge in [0.05, 0.1) is 5.69 Å². The van der Waals surface area contributed by atoms with Crippen LogP contribution >= 0.6 is 24.8 Å². The van der Waals surface area contributed by atoms with Crippen LogP contribution in [0.3, 0.4) is 0 Å². The molecule has 160 valence electrons. The maximum Gasteiger partial charge on any atom is 0.223 e. The molecule has 0 unspecified atom stereocenters. The van der Waals surface area contributed by atoms with Crippen molar-refractivity contribution >= 4 is 30.7 Å². The van der Waals surface area contributed by atoms with E-state index in [1.165, 1.54) is 12.8 Å². The Morgan fingerprint density at radius 3 is 2.48 bits per heavy atom. The van der Waals surface area contributed by atoms with Gasteiger partial charge in [0.15, 0.2) is 11.7 Å². The fourth-order valence-electron chi connectivity index (χ4n) is 3.78. The number of aromatic nitrogens is 1. The quantitative estimate of drug-likeness (QED) is 0.693. The Kier molecular flexibility index (Phi) is 9.00. The molecule has 4 rings (SSSR count). The van der Waals surface area contributed by atoms with E-state index in [1.54, 1.807) is 0 Å². The molecule has 5 nitrogen and oxygen atoms in total. The van der Waals surface area contributed by atoms with Crippen LogP contribution in [0.5, 0.6) is 0 Å². The topological polar surface area (TPSA) is 58.4 Å². The monoisotopic (exact) mass is 439 g/mol. The van der Waals surface area contributed by atoms with Gasteiger partial charge in [0.2, 0.25) is 5.91 Å². The maximum atomic E-state index is 12.6. The van der Waals surface area contributed by atoms with Crippen molar-refractivity contribution < 1.29 is 9.21 Å². The number of carbonyl (C=O) groups is 1. The van der Waals surface area contributed by atoms with Crippen molar-refractivity contribution in [3.63, 3.8) is 0 Å². The van der Waals surface area contributed by atoms with Gasteiger partial charge in [-0.2, -0.15) is 0 Å². The number of aryl methyl sites for hydroxylation is 2. The average molecular weight is 440 g/mol. The van der Waals surface area contributed by atoms with E-state index >= 15 is 0 Å². The van der Waals surface area contributed by atoms with E-state index in [-0.39, 0.29) is 30.7 Å². The molecule has 1 aliphatic heterocycles. The first-order valence-electron chi connectivity index (χ1n) is 10.2. The summed E-state index contributed by atoms with van der Waals surface area (Å²) in [5.41, 5.74) is 1.91. The number of halogens is 2. The van der Waals surface area contributed by atoms with Crippen LogP contribution in [0.15, 0.2) is 34.7 Å². The Labute approximate surface area is 185 Å². The largest absolute Gasteiger partial charge is 0.440 e.